The van der Waals surface area contributed by atoms with Crippen molar-refractivity contribution in [2.45, 2.75) is 52.2 Å². The van der Waals surface area contributed by atoms with Gasteiger partial charge in [0.25, 0.3) is 0 Å². The van der Waals surface area contributed by atoms with Crippen LogP contribution in [0, 0.1) is 0 Å². The average Bonchev–Trinajstić information content (AvgIpc) is 3.59. The second-order valence-electron chi connectivity index (χ2n) is 10.7. The monoisotopic (exact) mass is 578 g/mol. The predicted octanol–water partition coefficient (Wildman–Crippen LogP) is 6.68. The zero-order valence-electron chi connectivity index (χ0n) is 24.3. The third-order valence-electron chi connectivity index (χ3n) is 7.69. The van der Waals surface area contributed by atoms with Gasteiger partial charge in [0.2, 0.25) is 12.9 Å². The normalized spacial score (nSPS) is 12.9. The van der Waals surface area contributed by atoms with Gasteiger partial charge in [-0.2, -0.15) is 0 Å². The van der Waals surface area contributed by atoms with Crippen molar-refractivity contribution in [3.8, 4) is 22.9 Å². The molecule has 1 aliphatic rings. The van der Waals surface area contributed by atoms with Gasteiger partial charge in [0, 0.05) is 5.56 Å². The van der Waals surface area contributed by atoms with Gasteiger partial charge in [0.1, 0.15) is 5.75 Å². The van der Waals surface area contributed by atoms with E-state index in [1.165, 1.54) is 0 Å². The molecule has 0 saturated carbocycles. The fourth-order valence-electron chi connectivity index (χ4n) is 5.80. The van der Waals surface area contributed by atoms with Crippen LogP contribution in [0.3, 0.4) is 0 Å². The quantitative estimate of drug-likeness (QED) is 0.188. The summed E-state index contributed by atoms with van der Waals surface area (Å²) in [6, 6.07) is 26.7. The van der Waals surface area contributed by atoms with Gasteiger partial charge in [-0.15, -0.1) is 0 Å². The predicted molar refractivity (Wildman–Crippen MR) is 165 cm³/mol. The van der Waals surface area contributed by atoms with Crippen molar-refractivity contribution in [3.05, 3.63) is 118 Å². The van der Waals surface area contributed by atoms with Crippen LogP contribution < -0.4 is 19.9 Å². The van der Waals surface area contributed by atoms with Crippen LogP contribution in [0.25, 0.3) is 16.7 Å². The molecule has 5 aromatic rings. The van der Waals surface area contributed by atoms with Gasteiger partial charge in [-0.05, 0) is 65.9 Å². The molecule has 6 rings (SSSR count). The lowest BCUT2D eigenvalue weighted by molar-refractivity contribution is -0.145. The molecule has 1 aliphatic heterocycles. The molecule has 0 bridgehead atoms. The summed E-state index contributed by atoms with van der Waals surface area (Å²) in [5.41, 5.74) is 5.68. The van der Waals surface area contributed by atoms with E-state index in [1.54, 1.807) is 27.3 Å². The van der Waals surface area contributed by atoms with Gasteiger partial charge in [-0.1, -0.05) is 75.2 Å². The summed E-state index contributed by atoms with van der Waals surface area (Å²) in [4.78, 5) is 26.4. The minimum atomic E-state index is -1.22. The van der Waals surface area contributed by atoms with Crippen LogP contribution in [0.5, 0.6) is 17.2 Å². The first kappa shape index (κ1) is 28.2. The lowest BCUT2D eigenvalue weighted by atomic mass is 9.97. The van der Waals surface area contributed by atoms with Gasteiger partial charge in [-0.25, -0.2) is 9.59 Å². The topological polar surface area (TPSA) is 91.9 Å². The zero-order valence-corrected chi connectivity index (χ0v) is 24.3. The molecule has 0 fully saturated rings. The number of hydrogen-bond acceptors (Lipinski definition) is 5. The highest BCUT2D eigenvalue weighted by molar-refractivity contribution is 5.78. The highest BCUT2D eigenvalue weighted by Crippen LogP contribution is 2.38. The maximum absolute atomic E-state index is 13.9. The molecular formula is C35H34N2O6. The number of nitrogens with zero attached hydrogens (tertiary/aromatic N) is 2. The number of rotatable bonds is 11. The summed E-state index contributed by atoms with van der Waals surface area (Å²) in [5, 5.41) is 10.2. The molecule has 0 saturated heterocycles. The van der Waals surface area contributed by atoms with E-state index in [0.717, 1.165) is 46.3 Å². The Hall–Kier alpha value is -4.98. The number of benzene rings is 4. The summed E-state index contributed by atoms with van der Waals surface area (Å²) in [7, 11) is 0. The highest BCUT2D eigenvalue weighted by atomic mass is 16.7. The molecule has 0 amide bonds. The van der Waals surface area contributed by atoms with E-state index < -0.39 is 12.1 Å². The Balaban J connectivity index is 1.42. The molecule has 8 heteroatoms. The summed E-state index contributed by atoms with van der Waals surface area (Å²) in [6.07, 6.45) is 1.88. The number of aromatic nitrogens is 2. The smallest absolute Gasteiger partial charge is 0.349 e. The first-order valence-corrected chi connectivity index (χ1v) is 14.7. The number of carbonyl (C=O) groups is 1. The number of imidazole rings is 1. The van der Waals surface area contributed by atoms with Crippen LogP contribution in [0.4, 0.5) is 0 Å². The number of carboxylic acid groups (broad SMARTS) is 1. The molecule has 4 aromatic carbocycles. The Morgan fingerprint density at radius 2 is 1.51 bits per heavy atom. The van der Waals surface area contributed by atoms with E-state index in [0.29, 0.717) is 42.2 Å². The van der Waals surface area contributed by atoms with Crippen LogP contribution in [0.2, 0.25) is 0 Å². The van der Waals surface area contributed by atoms with Gasteiger partial charge < -0.3 is 19.3 Å². The number of aliphatic carboxylic acids is 1. The van der Waals surface area contributed by atoms with Crippen molar-refractivity contribution in [1.29, 1.82) is 0 Å². The summed E-state index contributed by atoms with van der Waals surface area (Å²) in [5.74, 6) is 0.592. The van der Waals surface area contributed by atoms with Crippen LogP contribution in [0.1, 0.15) is 55.0 Å². The molecule has 220 valence electrons. The number of aryl methyl sites for hydroxylation is 2. The Labute approximate surface area is 249 Å². The number of para-hydroxylation sites is 3. The van der Waals surface area contributed by atoms with E-state index in [9.17, 15) is 14.7 Å². The fraction of sp³-hybridized carbons (Fsp3) is 0.257. The zero-order chi connectivity index (χ0) is 29.9. The molecule has 8 nitrogen and oxygen atoms in total. The van der Waals surface area contributed by atoms with Crippen molar-refractivity contribution < 1.29 is 24.1 Å². The van der Waals surface area contributed by atoms with Gasteiger partial charge >= 0.3 is 11.7 Å². The van der Waals surface area contributed by atoms with Crippen molar-refractivity contribution >= 4 is 17.0 Å². The van der Waals surface area contributed by atoms with Gasteiger partial charge in [-0.3, -0.25) is 9.13 Å². The number of fused-ring (bicyclic) bond motifs is 2. The Bertz CT molecular complexity index is 1810. The van der Waals surface area contributed by atoms with Crippen LogP contribution in [-0.4, -0.2) is 27.0 Å². The second kappa shape index (κ2) is 12.1. The Morgan fingerprint density at radius 3 is 2.19 bits per heavy atom. The van der Waals surface area contributed by atoms with Crippen molar-refractivity contribution in [3.63, 3.8) is 0 Å². The van der Waals surface area contributed by atoms with Crippen LogP contribution in [-0.2, 0) is 24.2 Å². The second-order valence-corrected chi connectivity index (χ2v) is 10.7. The maximum atomic E-state index is 13.9. The maximum Gasteiger partial charge on any atom is 0.349 e. The first-order valence-electron chi connectivity index (χ1n) is 14.7. The van der Waals surface area contributed by atoms with E-state index in [4.69, 9.17) is 14.2 Å². The summed E-state index contributed by atoms with van der Waals surface area (Å²) >= 11 is 0. The SMILES string of the molecule is CCCc1cc(Cn2c(=O)n(-c3ccccc3)c3ccccc32)cc(CCC)c1OC(C(=O)O)c1ccc2c(c1)OCO2. The van der Waals surface area contributed by atoms with E-state index in [1.807, 2.05) is 54.6 Å². The minimum Gasteiger partial charge on any atom is -0.478 e. The average molecular weight is 579 g/mol. The highest BCUT2D eigenvalue weighted by Gasteiger charge is 2.27. The fourth-order valence-corrected chi connectivity index (χ4v) is 5.80. The largest absolute Gasteiger partial charge is 0.478 e. The molecule has 0 spiro atoms. The van der Waals surface area contributed by atoms with E-state index in [-0.39, 0.29) is 12.5 Å². The molecule has 2 heterocycles. The third-order valence-corrected chi connectivity index (χ3v) is 7.69. The number of ether oxygens (including phenoxy) is 3. The molecule has 0 aliphatic carbocycles. The lowest BCUT2D eigenvalue weighted by Gasteiger charge is -2.22. The Kier molecular flexibility index (Phi) is 7.92. The van der Waals surface area contributed by atoms with Crippen molar-refractivity contribution in [1.82, 2.24) is 9.13 Å². The van der Waals surface area contributed by atoms with Crippen LogP contribution in [0.15, 0.2) is 89.7 Å². The van der Waals surface area contributed by atoms with Crippen molar-refractivity contribution in [2.24, 2.45) is 0 Å². The molecule has 0 radical (unpaired) electrons. The first-order chi connectivity index (χ1) is 21.0. The molecule has 1 unspecified atom stereocenters. The molecule has 1 aromatic heterocycles. The molecule has 43 heavy (non-hydrogen) atoms. The minimum absolute atomic E-state index is 0.104. The van der Waals surface area contributed by atoms with Gasteiger partial charge in [0.05, 0.1) is 23.3 Å². The number of carboxylic acids is 1. The molecular weight excluding hydrogens is 544 g/mol. The van der Waals surface area contributed by atoms with Gasteiger partial charge in [0.15, 0.2) is 11.5 Å². The summed E-state index contributed by atoms with van der Waals surface area (Å²) in [6.45, 7) is 4.64. The number of hydrogen-bond donors (Lipinski definition) is 1. The van der Waals surface area contributed by atoms with E-state index >= 15 is 0 Å². The standard InChI is InChI=1S/C35H34N2O6/c1-3-10-24-18-23(21-36-28-14-8-9-15-29(28)37(35(36)40)27-12-6-5-7-13-27)19-25(11-4-2)32(24)43-33(34(38)39)26-16-17-30-31(20-26)42-22-41-30/h5-9,12-20,33H,3-4,10-11,21-22H2,1-2H3,(H,38,39). The summed E-state index contributed by atoms with van der Waals surface area (Å²) < 4.78 is 20.8. The third kappa shape index (κ3) is 5.48. The lowest BCUT2D eigenvalue weighted by Crippen LogP contribution is -2.24. The molecule has 1 atom stereocenters. The molecule has 1 N–H and O–H groups in total. The van der Waals surface area contributed by atoms with Crippen molar-refractivity contribution in [2.75, 3.05) is 6.79 Å². The van der Waals surface area contributed by atoms with Crippen LogP contribution >= 0.6 is 0 Å². The van der Waals surface area contributed by atoms with E-state index in [2.05, 4.69) is 26.0 Å². The Morgan fingerprint density at radius 1 is 0.860 bits per heavy atom.